The minimum Gasteiger partial charge on any atom is -0.477 e. The van der Waals surface area contributed by atoms with Crippen LogP contribution in [0.1, 0.15) is 77.2 Å². The van der Waals surface area contributed by atoms with Gasteiger partial charge >= 0.3 is 0 Å². The Morgan fingerprint density at radius 2 is 1.68 bits per heavy atom. The number of hydrogen-bond donors (Lipinski definition) is 0. The average molecular weight is 381 g/mol. The molecule has 0 amide bonds. The van der Waals surface area contributed by atoms with E-state index in [1.54, 1.807) is 0 Å². The van der Waals surface area contributed by atoms with Gasteiger partial charge in [-0.15, -0.1) is 10.2 Å². The van der Waals surface area contributed by atoms with E-state index in [4.69, 9.17) is 4.74 Å². The number of hydrogen-bond acceptors (Lipinski definition) is 3. The number of unbranched alkanes of at least 4 members (excludes halogenated alkanes) is 3. The topological polar surface area (TPSA) is 35.0 Å². The lowest BCUT2D eigenvalue weighted by Gasteiger charge is -2.26. The van der Waals surface area contributed by atoms with E-state index in [9.17, 15) is 0 Å². The zero-order chi connectivity index (χ0) is 19.6. The van der Waals surface area contributed by atoms with Gasteiger partial charge in [0, 0.05) is 11.6 Å². The van der Waals surface area contributed by atoms with Crippen molar-refractivity contribution in [3.05, 3.63) is 42.0 Å². The highest BCUT2D eigenvalue weighted by atomic mass is 16.5. The SMILES string of the molecule is CCCCCCOc1ccc(-c2ccc(CCC3CCC(C)CC3)cc2)nn1. The van der Waals surface area contributed by atoms with Crippen LogP contribution in [-0.2, 0) is 6.42 Å². The van der Waals surface area contributed by atoms with Crippen LogP contribution in [0.15, 0.2) is 36.4 Å². The van der Waals surface area contributed by atoms with E-state index in [0.29, 0.717) is 5.88 Å². The van der Waals surface area contributed by atoms with Crippen LogP contribution in [-0.4, -0.2) is 16.8 Å². The summed E-state index contributed by atoms with van der Waals surface area (Å²) in [4.78, 5) is 0. The van der Waals surface area contributed by atoms with Gasteiger partial charge in [0.25, 0.3) is 0 Å². The van der Waals surface area contributed by atoms with E-state index in [-0.39, 0.29) is 0 Å². The zero-order valence-corrected chi connectivity index (χ0v) is 17.7. The minimum absolute atomic E-state index is 0.624. The molecule has 0 spiro atoms. The van der Waals surface area contributed by atoms with Gasteiger partial charge in [0.05, 0.1) is 12.3 Å². The van der Waals surface area contributed by atoms with Gasteiger partial charge in [0.1, 0.15) is 0 Å². The number of nitrogens with zero attached hydrogens (tertiary/aromatic N) is 2. The summed E-state index contributed by atoms with van der Waals surface area (Å²) in [5.41, 5.74) is 3.46. The Hall–Kier alpha value is -1.90. The lowest BCUT2D eigenvalue weighted by atomic mass is 9.80. The first-order chi connectivity index (χ1) is 13.7. The summed E-state index contributed by atoms with van der Waals surface area (Å²) in [6, 6.07) is 12.8. The van der Waals surface area contributed by atoms with Crippen LogP contribution in [0, 0.1) is 11.8 Å². The molecule has 1 aliphatic carbocycles. The van der Waals surface area contributed by atoms with E-state index in [1.807, 2.05) is 12.1 Å². The van der Waals surface area contributed by atoms with Gasteiger partial charge in [-0.3, -0.25) is 0 Å². The molecule has 152 valence electrons. The quantitative estimate of drug-likeness (QED) is 0.422. The molecule has 3 nitrogen and oxygen atoms in total. The molecule has 1 saturated carbocycles. The first-order valence-corrected chi connectivity index (χ1v) is 11.3. The summed E-state index contributed by atoms with van der Waals surface area (Å²) >= 11 is 0. The predicted molar refractivity (Wildman–Crippen MR) is 117 cm³/mol. The van der Waals surface area contributed by atoms with Crippen molar-refractivity contribution in [1.29, 1.82) is 0 Å². The van der Waals surface area contributed by atoms with Crippen molar-refractivity contribution in [3.63, 3.8) is 0 Å². The van der Waals surface area contributed by atoms with Crippen molar-refractivity contribution in [2.45, 2.75) is 78.1 Å². The van der Waals surface area contributed by atoms with Crippen molar-refractivity contribution in [1.82, 2.24) is 10.2 Å². The highest BCUT2D eigenvalue weighted by molar-refractivity contribution is 5.59. The van der Waals surface area contributed by atoms with E-state index >= 15 is 0 Å². The maximum atomic E-state index is 5.69. The second-order valence-electron chi connectivity index (χ2n) is 8.53. The van der Waals surface area contributed by atoms with Crippen molar-refractivity contribution < 1.29 is 4.74 Å². The molecule has 1 aromatic carbocycles. The van der Waals surface area contributed by atoms with Crippen LogP contribution in [0.5, 0.6) is 5.88 Å². The molecule has 2 aromatic rings. The van der Waals surface area contributed by atoms with Crippen molar-refractivity contribution in [3.8, 4) is 17.1 Å². The van der Waals surface area contributed by atoms with E-state index in [0.717, 1.165) is 36.1 Å². The molecule has 0 saturated heterocycles. The Labute approximate surface area is 170 Å². The van der Waals surface area contributed by atoms with E-state index < -0.39 is 0 Å². The Kier molecular flexibility index (Phi) is 8.32. The molecular formula is C25H36N2O. The maximum absolute atomic E-state index is 5.69. The van der Waals surface area contributed by atoms with Crippen LogP contribution >= 0.6 is 0 Å². The van der Waals surface area contributed by atoms with Crippen LogP contribution in [0.25, 0.3) is 11.3 Å². The first kappa shape index (κ1) is 20.8. The van der Waals surface area contributed by atoms with Gasteiger partial charge in [-0.05, 0) is 42.7 Å². The Morgan fingerprint density at radius 3 is 2.36 bits per heavy atom. The van der Waals surface area contributed by atoms with E-state index in [1.165, 1.54) is 63.4 Å². The second-order valence-corrected chi connectivity index (χ2v) is 8.53. The van der Waals surface area contributed by atoms with Gasteiger partial charge in [0.15, 0.2) is 0 Å². The van der Waals surface area contributed by atoms with Crippen molar-refractivity contribution >= 4 is 0 Å². The molecule has 28 heavy (non-hydrogen) atoms. The largest absolute Gasteiger partial charge is 0.477 e. The highest BCUT2D eigenvalue weighted by Crippen LogP contribution is 2.31. The summed E-state index contributed by atoms with van der Waals surface area (Å²) in [6.45, 7) is 5.33. The average Bonchev–Trinajstić information content (AvgIpc) is 2.74. The van der Waals surface area contributed by atoms with Gasteiger partial charge in [-0.2, -0.15) is 0 Å². The van der Waals surface area contributed by atoms with Crippen LogP contribution in [0.4, 0.5) is 0 Å². The fourth-order valence-corrected chi connectivity index (χ4v) is 4.09. The van der Waals surface area contributed by atoms with Gasteiger partial charge in [-0.25, -0.2) is 0 Å². The molecule has 0 unspecified atom stereocenters. The van der Waals surface area contributed by atoms with Crippen molar-refractivity contribution in [2.75, 3.05) is 6.61 Å². The van der Waals surface area contributed by atoms with Crippen LogP contribution in [0.2, 0.25) is 0 Å². The smallest absolute Gasteiger partial charge is 0.233 e. The van der Waals surface area contributed by atoms with Crippen molar-refractivity contribution in [2.24, 2.45) is 11.8 Å². The molecule has 3 rings (SSSR count). The van der Waals surface area contributed by atoms with Crippen LogP contribution in [0.3, 0.4) is 0 Å². The summed E-state index contributed by atoms with van der Waals surface area (Å²) in [5, 5.41) is 8.57. The summed E-state index contributed by atoms with van der Waals surface area (Å²) in [5.74, 6) is 2.49. The highest BCUT2D eigenvalue weighted by Gasteiger charge is 2.17. The summed E-state index contributed by atoms with van der Waals surface area (Å²) in [6.07, 6.45) is 13.0. The molecule has 1 heterocycles. The Morgan fingerprint density at radius 1 is 0.893 bits per heavy atom. The second kappa shape index (κ2) is 11.2. The third-order valence-corrected chi connectivity index (χ3v) is 6.11. The third kappa shape index (κ3) is 6.61. The monoisotopic (exact) mass is 380 g/mol. The number of rotatable bonds is 10. The van der Waals surface area contributed by atoms with Gasteiger partial charge in [0.2, 0.25) is 5.88 Å². The maximum Gasteiger partial charge on any atom is 0.233 e. The lowest BCUT2D eigenvalue weighted by molar-refractivity contribution is 0.278. The number of benzene rings is 1. The lowest BCUT2D eigenvalue weighted by Crippen LogP contribution is -2.12. The number of aromatic nitrogens is 2. The molecule has 1 aromatic heterocycles. The Balaban J connectivity index is 1.45. The first-order valence-electron chi connectivity index (χ1n) is 11.3. The summed E-state index contributed by atoms with van der Waals surface area (Å²) < 4.78 is 5.69. The molecule has 0 aliphatic heterocycles. The Bertz CT molecular complexity index is 673. The van der Waals surface area contributed by atoms with Gasteiger partial charge in [-0.1, -0.05) is 83.1 Å². The number of aryl methyl sites for hydroxylation is 1. The minimum atomic E-state index is 0.624. The molecule has 0 bridgehead atoms. The third-order valence-electron chi connectivity index (χ3n) is 6.11. The molecular weight excluding hydrogens is 344 g/mol. The summed E-state index contributed by atoms with van der Waals surface area (Å²) in [7, 11) is 0. The predicted octanol–water partition coefficient (Wildman–Crippen LogP) is 6.86. The number of ether oxygens (including phenoxy) is 1. The standard InChI is InChI=1S/C25H36N2O/c1-3-4-5-6-19-28-25-18-17-24(26-27-25)23-15-13-22(14-16-23)12-11-21-9-7-20(2)8-10-21/h13-18,20-21H,3-12,19H2,1-2H3. The molecule has 1 fully saturated rings. The molecule has 0 atom stereocenters. The van der Waals surface area contributed by atoms with E-state index in [2.05, 4.69) is 48.3 Å². The fraction of sp³-hybridized carbons (Fsp3) is 0.600. The van der Waals surface area contributed by atoms with Gasteiger partial charge < -0.3 is 4.74 Å². The molecule has 3 heteroatoms. The normalized spacial score (nSPS) is 19.5. The fourth-order valence-electron chi connectivity index (χ4n) is 4.09. The van der Waals surface area contributed by atoms with Crippen LogP contribution < -0.4 is 4.74 Å². The zero-order valence-electron chi connectivity index (χ0n) is 17.7. The molecule has 0 N–H and O–H groups in total. The molecule has 0 radical (unpaired) electrons. The molecule has 1 aliphatic rings.